The second-order valence-electron chi connectivity index (χ2n) is 6.43. The molecule has 0 bridgehead atoms. The average molecular weight is 366 g/mol. The van der Waals surface area contributed by atoms with Crippen LogP contribution in [0.2, 0.25) is 0 Å². The highest BCUT2D eigenvalue weighted by atomic mass is 32.1. The Hall–Kier alpha value is -1.60. The Bertz CT molecular complexity index is 644. The molecule has 2 rings (SSSR count). The Morgan fingerprint density at radius 3 is 2.67 bits per heavy atom. The van der Waals surface area contributed by atoms with Crippen LogP contribution in [-0.4, -0.2) is 38.1 Å². The molecule has 132 valence electrons. The van der Waals surface area contributed by atoms with E-state index in [1.807, 2.05) is 19.0 Å². The summed E-state index contributed by atoms with van der Waals surface area (Å²) in [5.41, 5.74) is 1.07. The van der Waals surface area contributed by atoms with Crippen LogP contribution in [-0.2, 0) is 12.0 Å². The summed E-state index contributed by atoms with van der Waals surface area (Å²) in [7, 11) is 4.01. The molecule has 0 radical (unpaired) electrons. The van der Waals surface area contributed by atoms with E-state index in [1.54, 1.807) is 22.7 Å². The number of aliphatic imine (C=N–C) groups is 1. The maximum absolute atomic E-state index is 4.66. The van der Waals surface area contributed by atoms with Crippen LogP contribution in [0.4, 0.5) is 5.13 Å². The van der Waals surface area contributed by atoms with Gasteiger partial charge in [-0.1, -0.05) is 19.9 Å². The minimum Gasteiger partial charge on any atom is -0.357 e. The van der Waals surface area contributed by atoms with E-state index in [4.69, 9.17) is 0 Å². The molecule has 2 aromatic rings. The zero-order chi connectivity index (χ0) is 17.6. The first-order chi connectivity index (χ1) is 11.4. The van der Waals surface area contributed by atoms with Crippen LogP contribution >= 0.6 is 22.7 Å². The highest BCUT2D eigenvalue weighted by Crippen LogP contribution is 2.26. The Morgan fingerprint density at radius 2 is 2.08 bits per heavy atom. The van der Waals surface area contributed by atoms with Crippen molar-refractivity contribution in [3.05, 3.63) is 33.5 Å². The van der Waals surface area contributed by atoms with Gasteiger partial charge in [-0.3, -0.25) is 0 Å². The van der Waals surface area contributed by atoms with Gasteiger partial charge in [0.05, 0.1) is 12.2 Å². The molecule has 7 heteroatoms. The predicted molar refractivity (Wildman–Crippen MR) is 107 cm³/mol. The van der Waals surface area contributed by atoms with E-state index >= 15 is 0 Å². The fraction of sp³-hybridized carbons (Fsp3) is 0.529. The topological polar surface area (TPSA) is 52.6 Å². The highest BCUT2D eigenvalue weighted by molar-refractivity contribution is 7.13. The predicted octanol–water partition coefficient (Wildman–Crippen LogP) is 3.30. The van der Waals surface area contributed by atoms with Crippen molar-refractivity contribution in [3.63, 3.8) is 0 Å². The van der Waals surface area contributed by atoms with E-state index in [2.05, 4.69) is 64.3 Å². The molecule has 0 atom stereocenters. The molecule has 2 heterocycles. The minimum absolute atomic E-state index is 0.0725. The monoisotopic (exact) mass is 365 g/mol. The smallest absolute Gasteiger partial charge is 0.191 e. The maximum atomic E-state index is 4.66. The number of guanidine groups is 1. The molecule has 0 aliphatic carbocycles. The van der Waals surface area contributed by atoms with Crippen LogP contribution in [0.15, 0.2) is 27.9 Å². The second kappa shape index (κ2) is 8.48. The molecule has 0 amide bonds. The number of nitrogens with one attached hydrogen (secondary N) is 2. The van der Waals surface area contributed by atoms with Gasteiger partial charge in [0.1, 0.15) is 0 Å². The number of thiophene rings is 1. The van der Waals surface area contributed by atoms with Gasteiger partial charge >= 0.3 is 0 Å². The molecule has 2 N–H and O–H groups in total. The second-order valence-corrected chi connectivity index (χ2v) is 8.21. The van der Waals surface area contributed by atoms with Crippen molar-refractivity contribution in [2.24, 2.45) is 4.99 Å². The molecule has 24 heavy (non-hydrogen) atoms. The standard InChI is InChI=1S/C17H27N5S2/c1-6-18-15(19-10-13-11-24-16(21-13)22(4)5)20-12-17(2,3)14-8-7-9-23-14/h7-9,11H,6,10,12H2,1-5H3,(H2,18,19,20). The molecule has 0 unspecified atom stereocenters. The minimum atomic E-state index is 0.0725. The van der Waals surface area contributed by atoms with Crippen molar-refractivity contribution in [2.45, 2.75) is 32.7 Å². The number of hydrogen-bond acceptors (Lipinski definition) is 5. The van der Waals surface area contributed by atoms with Crippen LogP contribution in [0.1, 0.15) is 31.3 Å². The fourth-order valence-corrected chi connectivity index (χ4v) is 3.73. The lowest BCUT2D eigenvalue weighted by Gasteiger charge is -2.25. The molecular weight excluding hydrogens is 338 g/mol. The summed E-state index contributed by atoms with van der Waals surface area (Å²) in [6.45, 7) is 8.83. The van der Waals surface area contributed by atoms with Crippen LogP contribution in [0, 0.1) is 0 Å². The van der Waals surface area contributed by atoms with E-state index in [0.717, 1.165) is 29.9 Å². The molecule has 5 nitrogen and oxygen atoms in total. The van der Waals surface area contributed by atoms with Gasteiger partial charge in [-0.15, -0.1) is 22.7 Å². The van der Waals surface area contributed by atoms with E-state index in [0.29, 0.717) is 6.54 Å². The third-order valence-corrected chi connectivity index (χ3v) is 5.84. The zero-order valence-electron chi connectivity index (χ0n) is 15.1. The third kappa shape index (κ3) is 5.21. The average Bonchev–Trinajstić information content (AvgIpc) is 3.21. The van der Waals surface area contributed by atoms with E-state index in [1.165, 1.54) is 4.88 Å². The summed E-state index contributed by atoms with van der Waals surface area (Å²) in [5, 5.41) is 12.0. The van der Waals surface area contributed by atoms with Crippen LogP contribution in [0.3, 0.4) is 0 Å². The Balaban J connectivity index is 1.97. The first-order valence-electron chi connectivity index (χ1n) is 8.10. The number of nitrogens with zero attached hydrogens (tertiary/aromatic N) is 3. The SMILES string of the molecule is CCNC(=NCc1csc(N(C)C)n1)NCC(C)(C)c1cccs1. The van der Waals surface area contributed by atoms with E-state index < -0.39 is 0 Å². The Labute approximate surface area is 152 Å². The lowest BCUT2D eigenvalue weighted by molar-refractivity contribution is 0.518. The van der Waals surface area contributed by atoms with Crippen molar-refractivity contribution < 1.29 is 0 Å². The summed E-state index contributed by atoms with van der Waals surface area (Å²) in [6, 6.07) is 4.29. The largest absolute Gasteiger partial charge is 0.357 e. The van der Waals surface area contributed by atoms with Gasteiger partial charge in [0.25, 0.3) is 0 Å². The molecule has 0 saturated carbocycles. The van der Waals surface area contributed by atoms with Gasteiger partial charge in [0.2, 0.25) is 0 Å². The molecule has 2 aromatic heterocycles. The van der Waals surface area contributed by atoms with Gasteiger partial charge in [0, 0.05) is 42.9 Å². The van der Waals surface area contributed by atoms with Crippen LogP contribution < -0.4 is 15.5 Å². The lowest BCUT2D eigenvalue weighted by atomic mass is 9.91. The van der Waals surface area contributed by atoms with Crippen molar-refractivity contribution in [1.29, 1.82) is 0 Å². The quantitative estimate of drug-likeness (QED) is 0.584. The van der Waals surface area contributed by atoms with Gasteiger partial charge in [-0.05, 0) is 18.4 Å². The molecule has 0 saturated heterocycles. The van der Waals surface area contributed by atoms with E-state index in [-0.39, 0.29) is 5.41 Å². The Kier molecular flexibility index (Phi) is 6.62. The van der Waals surface area contributed by atoms with E-state index in [9.17, 15) is 0 Å². The van der Waals surface area contributed by atoms with Gasteiger partial charge in [-0.2, -0.15) is 0 Å². The maximum Gasteiger partial charge on any atom is 0.191 e. The fourth-order valence-electron chi connectivity index (χ4n) is 2.13. The van der Waals surface area contributed by atoms with Crippen molar-refractivity contribution in [2.75, 3.05) is 32.1 Å². The van der Waals surface area contributed by atoms with Gasteiger partial charge < -0.3 is 15.5 Å². The zero-order valence-corrected chi connectivity index (χ0v) is 16.7. The molecule has 0 aliphatic rings. The third-order valence-electron chi connectivity index (χ3n) is 3.55. The number of hydrogen-bond donors (Lipinski definition) is 2. The van der Waals surface area contributed by atoms with Crippen molar-refractivity contribution >= 4 is 33.8 Å². The summed E-state index contributed by atoms with van der Waals surface area (Å²) in [6.07, 6.45) is 0. The summed E-state index contributed by atoms with van der Waals surface area (Å²) in [4.78, 5) is 12.6. The first kappa shape index (κ1) is 18.7. The Morgan fingerprint density at radius 1 is 1.29 bits per heavy atom. The van der Waals surface area contributed by atoms with Crippen molar-refractivity contribution in [3.8, 4) is 0 Å². The van der Waals surface area contributed by atoms with Gasteiger partial charge in [0.15, 0.2) is 11.1 Å². The number of aromatic nitrogens is 1. The molecular formula is C17H27N5S2. The number of thiazole rings is 1. The first-order valence-corrected chi connectivity index (χ1v) is 9.86. The van der Waals surface area contributed by atoms with Crippen LogP contribution in [0.25, 0.3) is 0 Å². The molecule has 0 spiro atoms. The summed E-state index contributed by atoms with van der Waals surface area (Å²) < 4.78 is 0. The van der Waals surface area contributed by atoms with Crippen molar-refractivity contribution in [1.82, 2.24) is 15.6 Å². The highest BCUT2D eigenvalue weighted by Gasteiger charge is 2.21. The van der Waals surface area contributed by atoms with Gasteiger partial charge in [-0.25, -0.2) is 9.98 Å². The summed E-state index contributed by atoms with van der Waals surface area (Å²) in [5.74, 6) is 0.835. The number of rotatable bonds is 7. The molecule has 0 aromatic carbocycles. The molecule has 0 fully saturated rings. The number of anilines is 1. The lowest BCUT2D eigenvalue weighted by Crippen LogP contribution is -2.43. The summed E-state index contributed by atoms with van der Waals surface area (Å²) >= 11 is 3.44. The van der Waals surface area contributed by atoms with Crippen LogP contribution in [0.5, 0.6) is 0 Å². The molecule has 0 aliphatic heterocycles. The normalized spacial score (nSPS) is 12.3.